The number of carbonyl (C=O) groups is 1. The van der Waals surface area contributed by atoms with Crippen LogP contribution in [0.25, 0.3) is 0 Å². The molecule has 0 spiro atoms. The number of nitrogens with zero attached hydrogens (tertiary/aromatic N) is 3. The molecule has 0 aromatic carbocycles. The Morgan fingerprint density at radius 2 is 1.96 bits per heavy atom. The molecule has 0 amide bonds. The first-order valence-corrected chi connectivity index (χ1v) is 9.56. The van der Waals surface area contributed by atoms with Crippen molar-refractivity contribution in [2.75, 3.05) is 13.1 Å². The van der Waals surface area contributed by atoms with Gasteiger partial charge in [0, 0.05) is 19.3 Å². The summed E-state index contributed by atoms with van der Waals surface area (Å²) in [7, 11) is -3.24. The molecule has 1 aromatic heterocycles. The molecule has 1 aromatic rings. The van der Waals surface area contributed by atoms with Crippen molar-refractivity contribution in [1.29, 1.82) is 0 Å². The van der Waals surface area contributed by atoms with E-state index in [0.29, 0.717) is 0 Å². The minimum atomic E-state index is -3.24. The molecule has 0 atom stereocenters. The van der Waals surface area contributed by atoms with E-state index in [-0.39, 0.29) is 37.1 Å². The van der Waals surface area contributed by atoms with Crippen LogP contribution in [0.1, 0.15) is 51.1 Å². The lowest BCUT2D eigenvalue weighted by atomic mass is 9.88. The highest BCUT2D eigenvalue weighted by atomic mass is 32.2. The van der Waals surface area contributed by atoms with E-state index in [4.69, 9.17) is 0 Å². The van der Waals surface area contributed by atoms with E-state index >= 15 is 0 Å². The summed E-state index contributed by atoms with van der Waals surface area (Å²) in [6.45, 7) is 4.49. The van der Waals surface area contributed by atoms with Crippen molar-refractivity contribution in [3.8, 4) is 0 Å². The van der Waals surface area contributed by atoms with Gasteiger partial charge in [0.2, 0.25) is 10.0 Å². The highest BCUT2D eigenvalue weighted by Crippen LogP contribution is 2.36. The zero-order valence-electron chi connectivity index (χ0n) is 13.5. The van der Waals surface area contributed by atoms with Crippen LogP contribution >= 0.6 is 0 Å². The first-order chi connectivity index (χ1) is 10.8. The van der Waals surface area contributed by atoms with Gasteiger partial charge in [-0.1, -0.05) is 13.8 Å². The van der Waals surface area contributed by atoms with Crippen LogP contribution in [0, 0.1) is 0 Å². The number of aromatic nitrogens is 2. The van der Waals surface area contributed by atoms with E-state index in [9.17, 15) is 18.3 Å². The summed E-state index contributed by atoms with van der Waals surface area (Å²) in [5.41, 5.74) is -0.304. The van der Waals surface area contributed by atoms with Crippen molar-refractivity contribution in [1.82, 2.24) is 14.1 Å². The summed E-state index contributed by atoms with van der Waals surface area (Å²) in [5.74, 6) is -0.725. The predicted octanol–water partition coefficient (Wildman–Crippen LogP) is 1.37. The number of carboxylic acid groups (broad SMARTS) is 1. The second-order valence-corrected chi connectivity index (χ2v) is 9.03. The lowest BCUT2D eigenvalue weighted by molar-refractivity contribution is -0.150. The first kappa shape index (κ1) is 16.4. The van der Waals surface area contributed by atoms with Crippen molar-refractivity contribution >= 4 is 16.0 Å². The molecule has 2 heterocycles. The maximum atomic E-state index is 12.3. The van der Waals surface area contributed by atoms with E-state index in [0.717, 1.165) is 18.5 Å². The molecule has 1 saturated carbocycles. The summed E-state index contributed by atoms with van der Waals surface area (Å²) < 4.78 is 27.6. The Morgan fingerprint density at radius 3 is 2.39 bits per heavy atom. The number of rotatable bonds is 5. The number of carboxylic acids is 1. The monoisotopic (exact) mass is 341 g/mol. The fourth-order valence-corrected chi connectivity index (χ4v) is 4.96. The lowest BCUT2D eigenvalue weighted by Crippen LogP contribution is -2.53. The number of hydrogen-bond donors (Lipinski definition) is 1. The van der Waals surface area contributed by atoms with Crippen LogP contribution in [0.5, 0.6) is 0 Å². The Balaban J connectivity index is 1.82. The highest BCUT2D eigenvalue weighted by Gasteiger charge is 2.48. The molecule has 2 aliphatic rings. The molecule has 1 aliphatic carbocycles. The van der Waals surface area contributed by atoms with Gasteiger partial charge < -0.3 is 5.11 Å². The first-order valence-electron chi connectivity index (χ1n) is 8.06. The molecule has 0 radical (unpaired) electrons. The number of hydrogen-bond acceptors (Lipinski definition) is 4. The van der Waals surface area contributed by atoms with Crippen molar-refractivity contribution < 1.29 is 18.3 Å². The summed E-state index contributed by atoms with van der Waals surface area (Å²) in [6.07, 6.45) is 3.63. The van der Waals surface area contributed by atoms with Crippen LogP contribution in [0.2, 0.25) is 0 Å². The van der Waals surface area contributed by atoms with Gasteiger partial charge in [0.15, 0.2) is 5.54 Å². The van der Waals surface area contributed by atoms with Gasteiger partial charge in [-0.2, -0.15) is 5.10 Å². The van der Waals surface area contributed by atoms with E-state index in [1.165, 1.54) is 8.99 Å². The molecular weight excluding hydrogens is 318 g/mol. The summed E-state index contributed by atoms with van der Waals surface area (Å²) >= 11 is 0. The third-order valence-electron chi connectivity index (χ3n) is 4.89. The quantitative estimate of drug-likeness (QED) is 0.873. The molecular formula is C15H23N3O4S. The number of aliphatic carboxylic acids is 1. The van der Waals surface area contributed by atoms with Crippen molar-refractivity contribution in [2.24, 2.45) is 0 Å². The molecule has 0 bridgehead atoms. The van der Waals surface area contributed by atoms with Crippen LogP contribution in [0.3, 0.4) is 0 Å². The van der Waals surface area contributed by atoms with Crippen LogP contribution in [-0.2, 0) is 20.4 Å². The maximum absolute atomic E-state index is 12.3. The highest BCUT2D eigenvalue weighted by molar-refractivity contribution is 7.90. The minimum Gasteiger partial charge on any atom is -0.479 e. The van der Waals surface area contributed by atoms with E-state index in [1.807, 2.05) is 19.9 Å². The SMILES string of the molecule is CC(C)c1ccn(C2(C(=O)O)CCN(S(=O)(=O)C3CC3)CC2)n1. The standard InChI is InChI=1S/C15H23N3O4S/c1-11(2)13-5-8-18(16-13)15(14(19)20)6-9-17(10-7-15)23(21,22)12-3-4-12/h5,8,11-12H,3-4,6-7,9-10H2,1-2H3,(H,19,20). The zero-order valence-corrected chi connectivity index (χ0v) is 14.3. The Morgan fingerprint density at radius 1 is 1.35 bits per heavy atom. The molecule has 3 rings (SSSR count). The largest absolute Gasteiger partial charge is 0.479 e. The molecule has 8 heteroatoms. The van der Waals surface area contributed by atoms with Crippen molar-refractivity contribution in [3.05, 3.63) is 18.0 Å². The van der Waals surface area contributed by atoms with Gasteiger partial charge in [-0.25, -0.2) is 17.5 Å². The van der Waals surface area contributed by atoms with Crippen LogP contribution < -0.4 is 0 Å². The van der Waals surface area contributed by atoms with Gasteiger partial charge >= 0.3 is 5.97 Å². The normalized spacial score (nSPS) is 22.4. The topological polar surface area (TPSA) is 92.5 Å². The second-order valence-electron chi connectivity index (χ2n) is 6.82. The predicted molar refractivity (Wildman–Crippen MR) is 84.7 cm³/mol. The fraction of sp³-hybridized carbons (Fsp3) is 0.733. The van der Waals surface area contributed by atoms with Gasteiger partial charge in [0.05, 0.1) is 10.9 Å². The van der Waals surface area contributed by atoms with Gasteiger partial charge in [-0.05, 0) is 37.7 Å². The molecule has 0 unspecified atom stereocenters. The van der Waals surface area contributed by atoms with E-state index in [1.54, 1.807) is 6.20 Å². The Kier molecular flexibility index (Phi) is 4.00. The molecule has 7 nitrogen and oxygen atoms in total. The molecule has 1 saturated heterocycles. The Hall–Kier alpha value is -1.41. The van der Waals surface area contributed by atoms with Gasteiger partial charge in [-0.15, -0.1) is 0 Å². The fourth-order valence-electron chi connectivity index (χ4n) is 3.11. The summed E-state index contributed by atoms with van der Waals surface area (Å²) in [5, 5.41) is 13.9. The van der Waals surface area contributed by atoms with E-state index < -0.39 is 21.5 Å². The van der Waals surface area contributed by atoms with Crippen LogP contribution in [0.15, 0.2) is 12.3 Å². The molecule has 23 heavy (non-hydrogen) atoms. The van der Waals surface area contributed by atoms with Crippen LogP contribution in [0.4, 0.5) is 0 Å². The van der Waals surface area contributed by atoms with Gasteiger partial charge in [0.1, 0.15) is 0 Å². The molecule has 128 valence electrons. The molecule has 2 fully saturated rings. The van der Waals surface area contributed by atoms with Gasteiger partial charge in [-0.3, -0.25) is 4.68 Å². The lowest BCUT2D eigenvalue weighted by Gasteiger charge is -2.38. The molecule has 1 aliphatic heterocycles. The second kappa shape index (κ2) is 5.59. The molecule has 1 N–H and O–H groups in total. The smallest absolute Gasteiger partial charge is 0.331 e. The summed E-state index contributed by atoms with van der Waals surface area (Å²) in [6, 6.07) is 1.84. The third kappa shape index (κ3) is 2.78. The zero-order chi connectivity index (χ0) is 16.8. The Bertz CT molecular complexity index is 698. The average molecular weight is 341 g/mol. The summed E-state index contributed by atoms with van der Waals surface area (Å²) in [4.78, 5) is 11.9. The minimum absolute atomic E-state index is 0.220. The number of sulfonamides is 1. The van der Waals surface area contributed by atoms with Crippen molar-refractivity contribution in [2.45, 2.75) is 56.2 Å². The Labute approximate surface area is 136 Å². The number of piperidine rings is 1. The van der Waals surface area contributed by atoms with Crippen LogP contribution in [-0.4, -0.2) is 51.9 Å². The van der Waals surface area contributed by atoms with Gasteiger partial charge in [0.25, 0.3) is 0 Å². The van der Waals surface area contributed by atoms with E-state index in [2.05, 4.69) is 5.10 Å². The average Bonchev–Trinajstić information content (AvgIpc) is 3.25. The third-order valence-corrected chi connectivity index (χ3v) is 7.29. The maximum Gasteiger partial charge on any atom is 0.331 e. The van der Waals surface area contributed by atoms with Crippen molar-refractivity contribution in [3.63, 3.8) is 0 Å².